The smallest absolute Gasteiger partial charge is 0.0247 e. The molecule has 0 aliphatic heterocycles. The molecule has 0 radical (unpaired) electrons. The molecule has 0 amide bonds. The fourth-order valence-corrected chi connectivity index (χ4v) is 4.14. The second-order valence-corrected chi connectivity index (χ2v) is 9.23. The minimum absolute atomic E-state index is 0.258. The topological polar surface area (TPSA) is 0 Å². The number of rotatable bonds is 2. The van der Waals surface area contributed by atoms with Gasteiger partial charge in [0.15, 0.2) is 0 Å². The molecule has 0 saturated carbocycles. The summed E-state index contributed by atoms with van der Waals surface area (Å²) >= 11 is 3.65. The summed E-state index contributed by atoms with van der Waals surface area (Å²) in [5.74, 6) is 0. The molecule has 1 aliphatic carbocycles. The minimum atomic E-state index is 0.258. The van der Waals surface area contributed by atoms with Crippen LogP contribution in [-0.2, 0) is 10.8 Å². The monoisotopic (exact) mass is 382 g/mol. The van der Waals surface area contributed by atoms with E-state index in [0.717, 1.165) is 4.47 Å². The van der Waals surface area contributed by atoms with Gasteiger partial charge in [-0.15, -0.1) is 0 Å². The lowest BCUT2D eigenvalue weighted by molar-refractivity contribution is 0.332. The first-order chi connectivity index (χ1) is 11.2. The first-order valence-electron chi connectivity index (χ1n) is 8.79. The molecule has 126 valence electrons. The second-order valence-electron chi connectivity index (χ2n) is 8.38. The Morgan fingerprint density at radius 3 is 2.21 bits per heavy atom. The molecule has 3 rings (SSSR count). The van der Waals surface area contributed by atoms with Crippen LogP contribution >= 0.6 is 15.9 Å². The first-order valence-corrected chi connectivity index (χ1v) is 9.58. The normalized spacial score (nSPS) is 19.0. The molecule has 0 fully saturated rings. The predicted molar refractivity (Wildman–Crippen MR) is 109 cm³/mol. The van der Waals surface area contributed by atoms with E-state index in [1.165, 1.54) is 40.7 Å². The Morgan fingerprint density at radius 2 is 1.54 bits per heavy atom. The molecule has 1 heteroatoms. The number of halogens is 1. The van der Waals surface area contributed by atoms with Gasteiger partial charge in [-0.25, -0.2) is 0 Å². The highest BCUT2D eigenvalue weighted by molar-refractivity contribution is 9.10. The summed E-state index contributed by atoms with van der Waals surface area (Å²) in [4.78, 5) is 0. The molecule has 0 nitrogen and oxygen atoms in total. The van der Waals surface area contributed by atoms with E-state index in [0.29, 0.717) is 0 Å². The van der Waals surface area contributed by atoms with Crippen LogP contribution in [0.15, 0.2) is 46.9 Å². The summed E-state index contributed by atoms with van der Waals surface area (Å²) in [6, 6.07) is 15.5. The third-order valence-electron chi connectivity index (χ3n) is 5.59. The van der Waals surface area contributed by atoms with E-state index in [1.54, 1.807) is 0 Å². The van der Waals surface area contributed by atoms with E-state index in [9.17, 15) is 0 Å². The van der Waals surface area contributed by atoms with Gasteiger partial charge >= 0.3 is 0 Å². The van der Waals surface area contributed by atoms with Crippen molar-refractivity contribution in [1.29, 1.82) is 0 Å². The average Bonchev–Trinajstić information content (AvgIpc) is 2.54. The van der Waals surface area contributed by atoms with Gasteiger partial charge < -0.3 is 0 Å². The van der Waals surface area contributed by atoms with Gasteiger partial charge in [-0.1, -0.05) is 86.1 Å². The van der Waals surface area contributed by atoms with Gasteiger partial charge in [0, 0.05) is 4.47 Å². The fourth-order valence-electron chi connectivity index (χ4n) is 3.74. The fraction of sp³-hybridized carbons (Fsp3) is 0.391. The zero-order chi connectivity index (χ0) is 17.5. The Bertz CT molecular complexity index is 793. The van der Waals surface area contributed by atoms with Crippen molar-refractivity contribution in [2.45, 2.75) is 58.3 Å². The standard InChI is InChI=1S/C23H27Br/c1-16(14-18-8-6-7-9-21(18)24)17-10-11-19-20(15-17)23(4,5)13-12-22(19,2)3/h6-11,14-15H,12-13H2,1-5H3. The molecule has 1 aliphatic rings. The van der Waals surface area contributed by atoms with Gasteiger partial charge in [-0.2, -0.15) is 0 Å². The van der Waals surface area contributed by atoms with Gasteiger partial charge in [0.1, 0.15) is 0 Å². The maximum Gasteiger partial charge on any atom is 0.0247 e. The number of benzene rings is 2. The van der Waals surface area contributed by atoms with Crippen molar-refractivity contribution in [3.63, 3.8) is 0 Å². The van der Waals surface area contributed by atoms with Crippen LogP contribution in [0.3, 0.4) is 0 Å². The minimum Gasteiger partial charge on any atom is -0.0616 e. The lowest BCUT2D eigenvalue weighted by Gasteiger charge is -2.42. The van der Waals surface area contributed by atoms with Crippen LogP contribution in [0.4, 0.5) is 0 Å². The Kier molecular flexibility index (Phi) is 4.51. The van der Waals surface area contributed by atoms with E-state index in [1.807, 2.05) is 0 Å². The van der Waals surface area contributed by atoms with Crippen molar-refractivity contribution in [2.75, 3.05) is 0 Å². The zero-order valence-electron chi connectivity index (χ0n) is 15.4. The van der Waals surface area contributed by atoms with E-state index in [4.69, 9.17) is 0 Å². The van der Waals surface area contributed by atoms with E-state index < -0.39 is 0 Å². The third-order valence-corrected chi connectivity index (χ3v) is 6.31. The molecule has 0 spiro atoms. The van der Waals surface area contributed by atoms with Crippen molar-refractivity contribution in [3.05, 3.63) is 69.2 Å². The molecule has 0 N–H and O–H groups in total. The number of hydrogen-bond donors (Lipinski definition) is 0. The summed E-state index contributed by atoms with van der Waals surface area (Å²) < 4.78 is 1.14. The Labute approximate surface area is 155 Å². The van der Waals surface area contributed by atoms with Crippen molar-refractivity contribution < 1.29 is 0 Å². The Morgan fingerprint density at radius 1 is 0.917 bits per heavy atom. The van der Waals surface area contributed by atoms with Crippen LogP contribution in [0.5, 0.6) is 0 Å². The summed E-state index contributed by atoms with van der Waals surface area (Å²) in [7, 11) is 0. The van der Waals surface area contributed by atoms with Gasteiger partial charge in [0.05, 0.1) is 0 Å². The van der Waals surface area contributed by atoms with Crippen LogP contribution in [-0.4, -0.2) is 0 Å². The average molecular weight is 383 g/mol. The summed E-state index contributed by atoms with van der Waals surface area (Å²) in [5.41, 5.74) is 7.46. The quantitative estimate of drug-likeness (QED) is 0.475. The van der Waals surface area contributed by atoms with Gasteiger partial charge in [0.2, 0.25) is 0 Å². The molecule has 24 heavy (non-hydrogen) atoms. The second kappa shape index (κ2) is 6.19. The molecular weight excluding hydrogens is 356 g/mol. The molecular formula is C23H27Br. The van der Waals surface area contributed by atoms with Gasteiger partial charge in [-0.05, 0) is 64.5 Å². The maximum absolute atomic E-state index is 3.65. The predicted octanol–water partition coefficient (Wildman–Crippen LogP) is 7.36. The number of hydrogen-bond acceptors (Lipinski definition) is 0. The zero-order valence-corrected chi connectivity index (χ0v) is 17.0. The lowest BCUT2D eigenvalue weighted by Crippen LogP contribution is -2.33. The van der Waals surface area contributed by atoms with Crippen LogP contribution in [0.2, 0.25) is 0 Å². The highest BCUT2D eigenvalue weighted by atomic mass is 79.9. The molecule has 0 saturated heterocycles. The van der Waals surface area contributed by atoms with Crippen LogP contribution in [0.1, 0.15) is 69.7 Å². The van der Waals surface area contributed by atoms with Crippen molar-refractivity contribution in [3.8, 4) is 0 Å². The van der Waals surface area contributed by atoms with E-state index >= 15 is 0 Å². The number of fused-ring (bicyclic) bond motifs is 1. The summed E-state index contributed by atoms with van der Waals surface area (Å²) in [5, 5.41) is 0. The van der Waals surface area contributed by atoms with Gasteiger partial charge in [-0.3, -0.25) is 0 Å². The molecule has 0 bridgehead atoms. The van der Waals surface area contributed by atoms with Crippen molar-refractivity contribution in [1.82, 2.24) is 0 Å². The lowest BCUT2D eigenvalue weighted by atomic mass is 9.63. The molecule has 0 unspecified atom stereocenters. The largest absolute Gasteiger partial charge is 0.0616 e. The van der Waals surface area contributed by atoms with Crippen molar-refractivity contribution in [2.24, 2.45) is 0 Å². The maximum atomic E-state index is 3.65. The Balaban J connectivity index is 2.07. The SMILES string of the molecule is CC(=Cc1ccccc1Br)c1ccc2c(c1)C(C)(C)CCC2(C)C. The van der Waals surface area contributed by atoms with Gasteiger partial charge in [0.25, 0.3) is 0 Å². The van der Waals surface area contributed by atoms with Crippen LogP contribution < -0.4 is 0 Å². The molecule has 0 heterocycles. The molecule has 2 aromatic rings. The van der Waals surface area contributed by atoms with Crippen LogP contribution in [0.25, 0.3) is 11.6 Å². The number of allylic oxidation sites excluding steroid dienone is 1. The third kappa shape index (κ3) is 3.24. The Hall–Kier alpha value is -1.34. The molecule has 2 aromatic carbocycles. The summed E-state index contributed by atoms with van der Waals surface area (Å²) in [6.07, 6.45) is 4.79. The van der Waals surface area contributed by atoms with E-state index in [2.05, 4.69) is 99.1 Å². The highest BCUT2D eigenvalue weighted by Crippen LogP contribution is 2.46. The first kappa shape index (κ1) is 17.5. The molecule has 0 aromatic heterocycles. The summed E-state index contributed by atoms with van der Waals surface area (Å²) in [6.45, 7) is 11.7. The molecule has 0 atom stereocenters. The van der Waals surface area contributed by atoms with Crippen molar-refractivity contribution >= 4 is 27.6 Å². The van der Waals surface area contributed by atoms with Crippen LogP contribution in [0, 0.1) is 0 Å². The highest BCUT2D eigenvalue weighted by Gasteiger charge is 2.36. The van der Waals surface area contributed by atoms with E-state index in [-0.39, 0.29) is 10.8 Å².